The molecule has 0 spiro atoms. The van der Waals surface area contributed by atoms with Gasteiger partial charge in [0.25, 0.3) is 0 Å². The predicted octanol–water partition coefficient (Wildman–Crippen LogP) is 15.3. The zero-order valence-electron chi connectivity index (χ0n) is 26.3. The Labute approximate surface area is 288 Å². The molecule has 0 unspecified atom stereocenters. The summed E-state index contributed by atoms with van der Waals surface area (Å²) in [7, 11) is 0. The maximum atomic E-state index is 2.49. The molecule has 0 saturated heterocycles. The van der Waals surface area contributed by atoms with Crippen LogP contribution >= 0.6 is 68.0 Å². The molecule has 0 saturated carbocycles. The monoisotopic (exact) mass is 690 g/mol. The molecule has 0 atom stereocenters. The van der Waals surface area contributed by atoms with E-state index in [4.69, 9.17) is 0 Å². The number of hydrogen-bond acceptors (Lipinski definition) is 6. The van der Waals surface area contributed by atoms with Crippen molar-refractivity contribution in [1.29, 1.82) is 0 Å². The second kappa shape index (κ2) is 15.2. The quantitative estimate of drug-likeness (QED) is 0.0941. The van der Waals surface area contributed by atoms with E-state index in [1.165, 1.54) is 134 Å². The number of hydrogen-bond donors (Lipinski definition) is 0. The fourth-order valence-electron chi connectivity index (χ4n) is 5.67. The van der Waals surface area contributed by atoms with E-state index in [0.29, 0.717) is 0 Å². The minimum absolute atomic E-state index is 1.20. The highest BCUT2D eigenvalue weighted by Crippen LogP contribution is 2.52. The number of unbranched alkanes of at least 4 members (excludes halogenated alkanes) is 6. The van der Waals surface area contributed by atoms with Gasteiger partial charge in [0.05, 0.1) is 9.75 Å². The SMILES string of the molecule is CCCCCCc1ccc(-c2cc(C)sc2-c2sc(-c3ccc(-c4ccc(C)s4)s3)cc2-c2ccc(CCCCCC)s2)s1. The van der Waals surface area contributed by atoms with Gasteiger partial charge in [-0.25, -0.2) is 0 Å². The minimum atomic E-state index is 1.20. The van der Waals surface area contributed by atoms with Crippen LogP contribution in [-0.4, -0.2) is 0 Å². The van der Waals surface area contributed by atoms with Crippen LogP contribution in [0.2, 0.25) is 0 Å². The van der Waals surface area contributed by atoms with Gasteiger partial charge in [0.1, 0.15) is 0 Å². The first-order chi connectivity index (χ1) is 21.5. The molecular weight excluding hydrogens is 649 g/mol. The van der Waals surface area contributed by atoms with E-state index in [1.54, 1.807) is 0 Å². The third kappa shape index (κ3) is 7.59. The van der Waals surface area contributed by atoms with Crippen molar-refractivity contribution in [3.63, 3.8) is 0 Å². The Balaban J connectivity index is 1.36. The lowest BCUT2D eigenvalue weighted by atomic mass is 10.1. The number of rotatable bonds is 15. The minimum Gasteiger partial charge on any atom is -0.140 e. The van der Waals surface area contributed by atoms with Crippen molar-refractivity contribution in [1.82, 2.24) is 0 Å². The predicted molar refractivity (Wildman–Crippen MR) is 206 cm³/mol. The van der Waals surface area contributed by atoms with Gasteiger partial charge < -0.3 is 0 Å². The van der Waals surface area contributed by atoms with Gasteiger partial charge >= 0.3 is 0 Å². The van der Waals surface area contributed by atoms with Crippen LogP contribution in [0.15, 0.2) is 60.7 Å². The summed E-state index contributed by atoms with van der Waals surface area (Å²) in [4.78, 5) is 17.0. The summed E-state index contributed by atoms with van der Waals surface area (Å²) in [5.41, 5.74) is 2.83. The molecule has 6 rings (SSSR count). The van der Waals surface area contributed by atoms with Crippen LogP contribution in [0.1, 0.15) is 84.7 Å². The highest BCUT2D eigenvalue weighted by Gasteiger charge is 2.22. The average Bonchev–Trinajstić information content (AvgIpc) is 3.84. The maximum absolute atomic E-state index is 2.49. The van der Waals surface area contributed by atoms with E-state index in [-0.39, 0.29) is 0 Å². The Bertz CT molecular complexity index is 1780. The van der Waals surface area contributed by atoms with Gasteiger partial charge in [-0.15, -0.1) is 68.0 Å². The van der Waals surface area contributed by atoms with Crippen LogP contribution < -0.4 is 0 Å². The van der Waals surface area contributed by atoms with Crippen molar-refractivity contribution in [2.45, 2.75) is 91.9 Å². The zero-order chi connectivity index (χ0) is 30.5. The molecule has 0 aliphatic heterocycles. The lowest BCUT2D eigenvalue weighted by Gasteiger charge is -2.04. The van der Waals surface area contributed by atoms with Gasteiger partial charge in [-0.3, -0.25) is 0 Å². The van der Waals surface area contributed by atoms with Crippen LogP contribution in [0.3, 0.4) is 0 Å². The van der Waals surface area contributed by atoms with E-state index in [0.717, 1.165) is 0 Å². The molecule has 0 nitrogen and oxygen atoms in total. The van der Waals surface area contributed by atoms with E-state index >= 15 is 0 Å². The first-order valence-corrected chi connectivity index (χ1v) is 21.0. The third-order valence-corrected chi connectivity index (χ3v) is 15.2. The summed E-state index contributed by atoms with van der Waals surface area (Å²) in [6, 6.07) is 23.6. The van der Waals surface area contributed by atoms with Crippen molar-refractivity contribution in [2.24, 2.45) is 0 Å². The topological polar surface area (TPSA) is 0 Å². The van der Waals surface area contributed by atoms with E-state index < -0.39 is 0 Å². The molecule has 0 N–H and O–H groups in total. The molecule has 0 aliphatic carbocycles. The molecule has 6 heteroatoms. The fourth-order valence-corrected chi connectivity index (χ4v) is 12.3. The van der Waals surface area contributed by atoms with E-state index in [2.05, 4.69) is 88.4 Å². The molecule has 6 aromatic rings. The molecule has 0 fully saturated rings. The highest BCUT2D eigenvalue weighted by atomic mass is 32.1. The second-order valence-electron chi connectivity index (χ2n) is 11.7. The molecule has 0 amide bonds. The van der Waals surface area contributed by atoms with Crippen LogP contribution in [0.25, 0.3) is 50.1 Å². The van der Waals surface area contributed by atoms with Crippen LogP contribution in [-0.2, 0) is 12.8 Å². The molecule has 0 bridgehead atoms. The molecular formula is C38H42S6. The fraction of sp³-hybridized carbons (Fsp3) is 0.368. The van der Waals surface area contributed by atoms with Gasteiger partial charge in [-0.1, -0.05) is 52.4 Å². The van der Waals surface area contributed by atoms with Crippen molar-refractivity contribution in [3.8, 4) is 50.1 Å². The largest absolute Gasteiger partial charge is 0.140 e. The van der Waals surface area contributed by atoms with Crippen LogP contribution in [0.5, 0.6) is 0 Å². The van der Waals surface area contributed by atoms with Crippen molar-refractivity contribution >= 4 is 68.0 Å². The summed E-state index contributed by atoms with van der Waals surface area (Å²) < 4.78 is 0. The van der Waals surface area contributed by atoms with Gasteiger partial charge in [0.15, 0.2) is 0 Å². The highest BCUT2D eigenvalue weighted by molar-refractivity contribution is 7.29. The molecule has 44 heavy (non-hydrogen) atoms. The first-order valence-electron chi connectivity index (χ1n) is 16.1. The van der Waals surface area contributed by atoms with Gasteiger partial charge in [-0.05, 0) is 100 Å². The Morgan fingerprint density at radius 2 is 0.932 bits per heavy atom. The lowest BCUT2D eigenvalue weighted by Crippen LogP contribution is -1.80. The molecule has 0 aliphatic rings. The zero-order valence-corrected chi connectivity index (χ0v) is 31.2. The summed E-state index contributed by atoms with van der Waals surface area (Å²) >= 11 is 11.8. The van der Waals surface area contributed by atoms with Gasteiger partial charge in [0, 0.05) is 59.9 Å². The van der Waals surface area contributed by atoms with Gasteiger partial charge in [0.2, 0.25) is 0 Å². The van der Waals surface area contributed by atoms with Crippen molar-refractivity contribution in [2.75, 3.05) is 0 Å². The number of thiophene rings is 6. The van der Waals surface area contributed by atoms with Gasteiger partial charge in [-0.2, -0.15) is 0 Å². The normalized spacial score (nSPS) is 11.6. The second-order valence-corrected chi connectivity index (χ2v) is 18.7. The number of aryl methyl sites for hydroxylation is 4. The van der Waals surface area contributed by atoms with Crippen molar-refractivity contribution < 1.29 is 0 Å². The molecule has 0 radical (unpaired) electrons. The molecule has 6 aromatic heterocycles. The van der Waals surface area contributed by atoms with Crippen molar-refractivity contribution in [3.05, 3.63) is 80.2 Å². The summed E-state index contributed by atoms with van der Waals surface area (Å²) in [5.74, 6) is 0. The Hall–Kier alpha value is -1.80. The van der Waals surface area contributed by atoms with E-state index in [9.17, 15) is 0 Å². The summed E-state index contributed by atoms with van der Waals surface area (Å²) in [6.07, 6.45) is 12.9. The van der Waals surface area contributed by atoms with Crippen LogP contribution in [0.4, 0.5) is 0 Å². The molecule has 230 valence electrons. The smallest absolute Gasteiger partial charge is 0.0542 e. The lowest BCUT2D eigenvalue weighted by molar-refractivity contribution is 0.670. The van der Waals surface area contributed by atoms with Crippen LogP contribution in [0, 0.1) is 13.8 Å². The summed E-state index contributed by atoms with van der Waals surface area (Å²) in [6.45, 7) is 9.06. The standard InChI is InChI=1S/C38H42S6/c1-5-7-9-11-13-27-16-19-31(41-27)29-23-26(4)40-37(29)38-30(32-20-17-28(42-32)14-12-10-8-6-2)24-36(44-38)35-22-21-34(43-35)33-18-15-25(3)39-33/h15-24H,5-14H2,1-4H3. The molecule has 0 aromatic carbocycles. The third-order valence-electron chi connectivity index (χ3n) is 8.03. The van der Waals surface area contributed by atoms with E-state index in [1.807, 2.05) is 68.0 Å². The Kier molecular flexibility index (Phi) is 11.1. The molecule has 6 heterocycles. The Morgan fingerprint density at radius 3 is 1.52 bits per heavy atom. The summed E-state index contributed by atoms with van der Waals surface area (Å²) in [5, 5.41) is 0. The Morgan fingerprint density at radius 1 is 0.409 bits per heavy atom. The maximum Gasteiger partial charge on any atom is 0.0542 e. The first kappa shape index (κ1) is 32.2. The average molecular weight is 691 g/mol.